The molecule has 0 aliphatic heterocycles. The molecule has 0 amide bonds. The molecule has 7 heteroatoms. The predicted molar refractivity (Wildman–Crippen MR) is 58.5 cm³/mol. The number of nitro groups is 1. The highest BCUT2D eigenvalue weighted by Crippen LogP contribution is 2.34. The molecule has 0 N–H and O–H groups in total. The van der Waals surface area contributed by atoms with Crippen molar-refractivity contribution in [2.75, 3.05) is 6.61 Å². The summed E-state index contributed by atoms with van der Waals surface area (Å²) in [6.45, 7) is 2.13. The SMILES string of the molecule is CCCCOc1cc([N+](=O)[O-])cc(C(F)(F)F)c1. The molecule has 100 valence electrons. The average molecular weight is 263 g/mol. The number of non-ortho nitro benzene ring substituents is 1. The first-order chi connectivity index (χ1) is 8.34. The molecular formula is C11H12F3NO3. The van der Waals surface area contributed by atoms with Gasteiger partial charge in [0.15, 0.2) is 0 Å². The molecule has 0 aliphatic carbocycles. The molecule has 0 atom stereocenters. The van der Waals surface area contributed by atoms with E-state index in [2.05, 4.69) is 0 Å². The minimum atomic E-state index is -4.63. The van der Waals surface area contributed by atoms with Crippen molar-refractivity contribution in [1.29, 1.82) is 0 Å². The largest absolute Gasteiger partial charge is 0.493 e. The highest BCUT2D eigenvalue weighted by molar-refractivity contribution is 5.43. The number of hydrogen-bond acceptors (Lipinski definition) is 3. The van der Waals surface area contributed by atoms with Gasteiger partial charge in [0.25, 0.3) is 5.69 Å². The first kappa shape index (κ1) is 14.3. The summed E-state index contributed by atoms with van der Waals surface area (Å²) in [5.74, 6) is -0.134. The Bertz CT molecular complexity index is 432. The highest BCUT2D eigenvalue weighted by Gasteiger charge is 2.33. The van der Waals surface area contributed by atoms with E-state index in [0.29, 0.717) is 12.5 Å². The molecular weight excluding hydrogens is 251 g/mol. The third-order valence-corrected chi connectivity index (χ3v) is 2.20. The van der Waals surface area contributed by atoms with Gasteiger partial charge in [-0.2, -0.15) is 13.2 Å². The quantitative estimate of drug-likeness (QED) is 0.461. The number of nitro benzene ring substituents is 1. The monoisotopic (exact) mass is 263 g/mol. The summed E-state index contributed by atoms with van der Waals surface area (Å²) in [5, 5.41) is 10.5. The molecule has 0 saturated carbocycles. The summed E-state index contributed by atoms with van der Waals surface area (Å²) >= 11 is 0. The Kier molecular flexibility index (Phi) is 4.52. The van der Waals surface area contributed by atoms with Crippen LogP contribution in [0, 0.1) is 10.1 Å². The van der Waals surface area contributed by atoms with E-state index in [1.807, 2.05) is 6.92 Å². The fourth-order valence-electron chi connectivity index (χ4n) is 1.27. The Balaban J connectivity index is 3.03. The number of hydrogen-bond donors (Lipinski definition) is 0. The second-order valence-electron chi connectivity index (χ2n) is 3.67. The molecule has 0 fully saturated rings. The molecule has 0 aromatic heterocycles. The number of nitrogens with zero attached hydrogens (tertiary/aromatic N) is 1. The normalized spacial score (nSPS) is 11.3. The van der Waals surface area contributed by atoms with Crippen LogP contribution in [-0.4, -0.2) is 11.5 Å². The topological polar surface area (TPSA) is 52.4 Å². The van der Waals surface area contributed by atoms with Crippen LogP contribution in [0.1, 0.15) is 25.3 Å². The second-order valence-corrected chi connectivity index (χ2v) is 3.67. The van der Waals surface area contributed by atoms with Crippen LogP contribution in [0.3, 0.4) is 0 Å². The van der Waals surface area contributed by atoms with E-state index in [1.165, 1.54) is 0 Å². The van der Waals surface area contributed by atoms with E-state index in [-0.39, 0.29) is 12.4 Å². The number of ether oxygens (including phenoxy) is 1. The van der Waals surface area contributed by atoms with Crippen molar-refractivity contribution in [3.63, 3.8) is 0 Å². The van der Waals surface area contributed by atoms with Crippen molar-refractivity contribution in [3.8, 4) is 5.75 Å². The fraction of sp³-hybridized carbons (Fsp3) is 0.455. The van der Waals surface area contributed by atoms with Crippen molar-refractivity contribution >= 4 is 5.69 Å². The lowest BCUT2D eigenvalue weighted by atomic mass is 10.2. The number of halogens is 3. The maximum absolute atomic E-state index is 12.5. The van der Waals surface area contributed by atoms with Gasteiger partial charge in [0.1, 0.15) is 5.75 Å². The maximum atomic E-state index is 12.5. The molecule has 1 aromatic carbocycles. The van der Waals surface area contributed by atoms with Gasteiger partial charge in [-0.15, -0.1) is 0 Å². The maximum Gasteiger partial charge on any atom is 0.416 e. The number of alkyl halides is 3. The molecule has 0 radical (unpaired) electrons. The van der Waals surface area contributed by atoms with Crippen LogP contribution in [-0.2, 0) is 6.18 Å². The Morgan fingerprint density at radius 2 is 2.00 bits per heavy atom. The lowest BCUT2D eigenvalue weighted by Crippen LogP contribution is -2.07. The smallest absolute Gasteiger partial charge is 0.416 e. The summed E-state index contributed by atoms with van der Waals surface area (Å²) in [6.07, 6.45) is -3.14. The number of rotatable bonds is 5. The van der Waals surface area contributed by atoms with Gasteiger partial charge in [0.2, 0.25) is 0 Å². The molecule has 0 saturated heterocycles. The lowest BCUT2D eigenvalue weighted by molar-refractivity contribution is -0.385. The van der Waals surface area contributed by atoms with Crippen LogP contribution in [0.5, 0.6) is 5.75 Å². The second kappa shape index (κ2) is 5.70. The molecule has 0 spiro atoms. The Hall–Kier alpha value is -1.79. The first-order valence-electron chi connectivity index (χ1n) is 5.34. The van der Waals surface area contributed by atoms with Gasteiger partial charge in [-0.05, 0) is 12.5 Å². The predicted octanol–water partition coefficient (Wildman–Crippen LogP) is 3.79. The summed E-state index contributed by atoms with van der Waals surface area (Å²) in [5.41, 5.74) is -1.71. The summed E-state index contributed by atoms with van der Waals surface area (Å²) in [4.78, 5) is 9.67. The molecule has 0 heterocycles. The van der Waals surface area contributed by atoms with E-state index >= 15 is 0 Å². The molecule has 0 aliphatic rings. The Labute approximate surface area is 102 Å². The van der Waals surface area contributed by atoms with Gasteiger partial charge in [-0.25, -0.2) is 0 Å². The number of unbranched alkanes of at least 4 members (excludes halogenated alkanes) is 1. The Morgan fingerprint density at radius 1 is 1.33 bits per heavy atom. The zero-order valence-electron chi connectivity index (χ0n) is 9.66. The molecule has 1 rings (SSSR count). The van der Waals surface area contributed by atoms with Crippen molar-refractivity contribution in [1.82, 2.24) is 0 Å². The minimum Gasteiger partial charge on any atom is -0.493 e. The summed E-state index contributed by atoms with van der Waals surface area (Å²) in [7, 11) is 0. The average Bonchev–Trinajstić information content (AvgIpc) is 2.28. The summed E-state index contributed by atoms with van der Waals surface area (Å²) in [6, 6.07) is 2.25. The van der Waals surface area contributed by atoms with Crippen LogP contribution in [0.4, 0.5) is 18.9 Å². The van der Waals surface area contributed by atoms with Crippen LogP contribution in [0.2, 0.25) is 0 Å². The molecule has 18 heavy (non-hydrogen) atoms. The van der Waals surface area contributed by atoms with Crippen LogP contribution >= 0.6 is 0 Å². The summed E-state index contributed by atoms with van der Waals surface area (Å²) < 4.78 is 42.6. The minimum absolute atomic E-state index is 0.134. The lowest BCUT2D eigenvalue weighted by Gasteiger charge is -2.10. The van der Waals surface area contributed by atoms with Gasteiger partial charge < -0.3 is 4.74 Å². The van der Waals surface area contributed by atoms with Crippen LogP contribution in [0.15, 0.2) is 18.2 Å². The van der Waals surface area contributed by atoms with Crippen LogP contribution < -0.4 is 4.74 Å². The van der Waals surface area contributed by atoms with Crippen molar-refractivity contribution in [2.24, 2.45) is 0 Å². The zero-order chi connectivity index (χ0) is 13.8. The number of benzene rings is 1. The third-order valence-electron chi connectivity index (χ3n) is 2.20. The molecule has 0 bridgehead atoms. The molecule has 1 aromatic rings. The fourth-order valence-corrected chi connectivity index (χ4v) is 1.27. The van der Waals surface area contributed by atoms with Crippen LogP contribution in [0.25, 0.3) is 0 Å². The molecule has 4 nitrogen and oxygen atoms in total. The standard InChI is InChI=1S/C11H12F3NO3/c1-2-3-4-18-10-6-8(11(12,13)14)5-9(7-10)15(16)17/h5-7H,2-4H2,1H3. The van der Waals surface area contributed by atoms with Gasteiger partial charge in [0, 0.05) is 6.07 Å². The van der Waals surface area contributed by atoms with E-state index < -0.39 is 22.4 Å². The first-order valence-corrected chi connectivity index (χ1v) is 5.34. The molecule has 0 unspecified atom stereocenters. The van der Waals surface area contributed by atoms with Crippen molar-refractivity contribution in [2.45, 2.75) is 25.9 Å². The van der Waals surface area contributed by atoms with E-state index in [1.54, 1.807) is 0 Å². The van der Waals surface area contributed by atoms with E-state index in [9.17, 15) is 23.3 Å². The van der Waals surface area contributed by atoms with Gasteiger partial charge >= 0.3 is 6.18 Å². The van der Waals surface area contributed by atoms with E-state index in [0.717, 1.165) is 18.6 Å². The van der Waals surface area contributed by atoms with E-state index in [4.69, 9.17) is 4.74 Å². The third kappa shape index (κ3) is 3.90. The highest BCUT2D eigenvalue weighted by atomic mass is 19.4. The Morgan fingerprint density at radius 3 is 2.50 bits per heavy atom. The van der Waals surface area contributed by atoms with Gasteiger partial charge in [-0.1, -0.05) is 13.3 Å². The van der Waals surface area contributed by atoms with Crippen molar-refractivity contribution in [3.05, 3.63) is 33.9 Å². The van der Waals surface area contributed by atoms with Gasteiger partial charge in [0.05, 0.1) is 23.2 Å². The van der Waals surface area contributed by atoms with Crippen molar-refractivity contribution < 1.29 is 22.8 Å². The zero-order valence-corrected chi connectivity index (χ0v) is 9.66. The van der Waals surface area contributed by atoms with Gasteiger partial charge in [-0.3, -0.25) is 10.1 Å².